The van der Waals surface area contributed by atoms with Crippen LogP contribution >= 0.6 is 27.5 Å². The number of halogens is 2. The largest absolute Gasteiger partial charge is 0.486 e. The van der Waals surface area contributed by atoms with E-state index in [-0.39, 0.29) is 11.1 Å². The predicted molar refractivity (Wildman–Crippen MR) is 82.3 cm³/mol. The standard InChI is InChI=1S/C14H10BrClN2O3/c15-9-6-11-12(21-5-4-20-11)7-10(9)18-14(19)8-2-1-3-17-13(8)16/h1-3,6-7H,4-5H2,(H,18,19). The highest BCUT2D eigenvalue weighted by Gasteiger charge is 2.17. The number of rotatable bonds is 2. The van der Waals surface area contributed by atoms with Crippen molar-refractivity contribution in [1.82, 2.24) is 4.98 Å². The normalized spacial score (nSPS) is 12.9. The molecule has 0 saturated heterocycles. The number of aromatic nitrogens is 1. The van der Waals surface area contributed by atoms with E-state index in [9.17, 15) is 4.79 Å². The van der Waals surface area contributed by atoms with Crippen LogP contribution in [0.2, 0.25) is 5.15 Å². The van der Waals surface area contributed by atoms with Gasteiger partial charge in [-0.25, -0.2) is 4.98 Å². The summed E-state index contributed by atoms with van der Waals surface area (Å²) in [5.74, 6) is 0.896. The Bertz CT molecular complexity index is 709. The van der Waals surface area contributed by atoms with Gasteiger partial charge in [-0.1, -0.05) is 11.6 Å². The van der Waals surface area contributed by atoms with Crippen LogP contribution in [-0.4, -0.2) is 24.1 Å². The number of amides is 1. The number of nitrogens with one attached hydrogen (secondary N) is 1. The van der Waals surface area contributed by atoms with E-state index in [0.29, 0.717) is 40.4 Å². The minimum Gasteiger partial charge on any atom is -0.486 e. The molecule has 1 N–H and O–H groups in total. The first-order valence-corrected chi connectivity index (χ1v) is 7.33. The molecule has 0 spiro atoms. The van der Waals surface area contributed by atoms with Crippen molar-refractivity contribution in [2.75, 3.05) is 18.5 Å². The summed E-state index contributed by atoms with van der Waals surface area (Å²) in [6.45, 7) is 0.993. The predicted octanol–water partition coefficient (Wildman–Crippen LogP) is 3.52. The van der Waals surface area contributed by atoms with Gasteiger partial charge in [-0.15, -0.1) is 0 Å². The number of anilines is 1. The van der Waals surface area contributed by atoms with Crippen molar-refractivity contribution >= 4 is 39.1 Å². The first kappa shape index (κ1) is 14.2. The second kappa shape index (κ2) is 5.91. The highest BCUT2D eigenvalue weighted by molar-refractivity contribution is 9.10. The fraction of sp³-hybridized carbons (Fsp3) is 0.143. The quantitative estimate of drug-likeness (QED) is 0.823. The van der Waals surface area contributed by atoms with Gasteiger partial charge in [0.1, 0.15) is 18.4 Å². The number of ether oxygens (including phenoxy) is 2. The summed E-state index contributed by atoms with van der Waals surface area (Å²) in [5.41, 5.74) is 0.880. The molecule has 5 nitrogen and oxygen atoms in total. The lowest BCUT2D eigenvalue weighted by atomic mass is 10.2. The maximum Gasteiger partial charge on any atom is 0.258 e. The number of pyridine rings is 1. The Hall–Kier alpha value is -1.79. The van der Waals surface area contributed by atoms with E-state index in [1.807, 2.05) is 0 Å². The summed E-state index contributed by atoms with van der Waals surface area (Å²) in [5, 5.41) is 2.93. The van der Waals surface area contributed by atoms with Crippen LogP contribution in [0.4, 0.5) is 5.69 Å². The number of carbonyl (C=O) groups is 1. The summed E-state index contributed by atoms with van der Waals surface area (Å²) >= 11 is 9.31. The first-order chi connectivity index (χ1) is 10.1. The van der Waals surface area contributed by atoms with Gasteiger partial charge in [0.05, 0.1) is 11.3 Å². The molecule has 0 fully saturated rings. The van der Waals surface area contributed by atoms with Crippen LogP contribution in [0.15, 0.2) is 34.9 Å². The van der Waals surface area contributed by atoms with Gasteiger partial charge in [0.25, 0.3) is 5.91 Å². The van der Waals surface area contributed by atoms with Crippen molar-refractivity contribution in [3.05, 3.63) is 45.7 Å². The van der Waals surface area contributed by atoms with Crippen LogP contribution < -0.4 is 14.8 Å². The second-order valence-corrected chi connectivity index (χ2v) is 5.48. The Kier molecular flexibility index (Phi) is 3.98. The highest BCUT2D eigenvalue weighted by Crippen LogP contribution is 2.38. The fourth-order valence-corrected chi connectivity index (χ4v) is 2.53. The molecule has 0 bridgehead atoms. The van der Waals surface area contributed by atoms with E-state index >= 15 is 0 Å². The van der Waals surface area contributed by atoms with Gasteiger partial charge in [0.15, 0.2) is 11.5 Å². The zero-order valence-electron chi connectivity index (χ0n) is 10.7. The van der Waals surface area contributed by atoms with Crippen LogP contribution in [0.5, 0.6) is 11.5 Å². The number of hydrogen-bond acceptors (Lipinski definition) is 4. The molecular formula is C14H10BrClN2O3. The molecule has 0 saturated carbocycles. The van der Waals surface area contributed by atoms with Crippen molar-refractivity contribution in [1.29, 1.82) is 0 Å². The van der Waals surface area contributed by atoms with Gasteiger partial charge >= 0.3 is 0 Å². The molecule has 0 unspecified atom stereocenters. The van der Waals surface area contributed by atoms with Crippen molar-refractivity contribution in [2.45, 2.75) is 0 Å². The van der Waals surface area contributed by atoms with Gasteiger partial charge in [0, 0.05) is 22.8 Å². The highest BCUT2D eigenvalue weighted by atomic mass is 79.9. The molecule has 1 aromatic carbocycles. The van der Waals surface area contributed by atoms with Crippen molar-refractivity contribution in [3.63, 3.8) is 0 Å². The molecule has 3 rings (SSSR count). The smallest absolute Gasteiger partial charge is 0.258 e. The zero-order chi connectivity index (χ0) is 14.8. The summed E-state index contributed by atoms with van der Waals surface area (Å²) < 4.78 is 11.7. The fourth-order valence-electron chi connectivity index (χ4n) is 1.90. The van der Waals surface area contributed by atoms with Crippen LogP contribution in [0, 0.1) is 0 Å². The molecule has 1 aromatic heterocycles. The molecule has 0 atom stereocenters. The maximum absolute atomic E-state index is 12.2. The topological polar surface area (TPSA) is 60.5 Å². The lowest BCUT2D eigenvalue weighted by Gasteiger charge is -2.20. The van der Waals surface area contributed by atoms with E-state index in [2.05, 4.69) is 26.2 Å². The minimum absolute atomic E-state index is 0.156. The van der Waals surface area contributed by atoms with Gasteiger partial charge < -0.3 is 14.8 Å². The lowest BCUT2D eigenvalue weighted by Crippen LogP contribution is -2.17. The molecule has 7 heteroatoms. The third-order valence-corrected chi connectivity index (χ3v) is 3.84. The summed E-state index contributed by atoms with van der Waals surface area (Å²) in [4.78, 5) is 16.1. The molecule has 0 radical (unpaired) electrons. The van der Waals surface area contributed by atoms with Gasteiger partial charge in [-0.05, 0) is 28.1 Å². The number of nitrogens with zero attached hydrogens (tertiary/aromatic N) is 1. The number of fused-ring (bicyclic) bond motifs is 1. The van der Waals surface area contributed by atoms with Gasteiger partial charge in [-0.2, -0.15) is 0 Å². The van der Waals surface area contributed by atoms with E-state index in [1.54, 1.807) is 24.3 Å². The van der Waals surface area contributed by atoms with Gasteiger partial charge in [-0.3, -0.25) is 4.79 Å². The van der Waals surface area contributed by atoms with E-state index in [4.69, 9.17) is 21.1 Å². The molecule has 2 heterocycles. The average molecular weight is 370 g/mol. The second-order valence-electron chi connectivity index (χ2n) is 4.27. The molecule has 1 aliphatic heterocycles. The van der Waals surface area contributed by atoms with Crippen LogP contribution in [-0.2, 0) is 0 Å². The van der Waals surface area contributed by atoms with E-state index < -0.39 is 0 Å². The summed E-state index contributed by atoms with van der Waals surface area (Å²) in [7, 11) is 0. The Morgan fingerprint density at radius 1 is 1.29 bits per heavy atom. The molecule has 1 amide bonds. The lowest BCUT2D eigenvalue weighted by molar-refractivity contribution is 0.102. The minimum atomic E-state index is -0.342. The SMILES string of the molecule is O=C(Nc1cc2c(cc1Br)OCCO2)c1cccnc1Cl. The Balaban J connectivity index is 1.88. The molecule has 1 aliphatic rings. The third kappa shape index (κ3) is 2.96. The van der Waals surface area contributed by atoms with E-state index in [0.717, 1.165) is 0 Å². The Labute approximate surface area is 134 Å². The van der Waals surface area contributed by atoms with Gasteiger partial charge in [0.2, 0.25) is 0 Å². The maximum atomic E-state index is 12.2. The number of carbonyl (C=O) groups excluding carboxylic acids is 1. The molecule has 2 aromatic rings. The number of benzene rings is 1. The molecule has 0 aliphatic carbocycles. The summed E-state index contributed by atoms with van der Waals surface area (Å²) in [6.07, 6.45) is 1.53. The molecule has 21 heavy (non-hydrogen) atoms. The number of hydrogen-bond donors (Lipinski definition) is 1. The third-order valence-electron chi connectivity index (χ3n) is 2.88. The van der Waals surface area contributed by atoms with Crippen molar-refractivity contribution < 1.29 is 14.3 Å². The van der Waals surface area contributed by atoms with Crippen LogP contribution in [0.25, 0.3) is 0 Å². The zero-order valence-corrected chi connectivity index (χ0v) is 13.1. The van der Waals surface area contributed by atoms with Crippen molar-refractivity contribution in [2.24, 2.45) is 0 Å². The summed E-state index contributed by atoms with van der Waals surface area (Å²) in [6, 6.07) is 6.73. The van der Waals surface area contributed by atoms with Crippen LogP contribution in [0.3, 0.4) is 0 Å². The monoisotopic (exact) mass is 368 g/mol. The average Bonchev–Trinajstić information content (AvgIpc) is 2.48. The Morgan fingerprint density at radius 3 is 2.71 bits per heavy atom. The molecule has 108 valence electrons. The van der Waals surface area contributed by atoms with Crippen LogP contribution in [0.1, 0.15) is 10.4 Å². The Morgan fingerprint density at radius 2 is 2.00 bits per heavy atom. The molecular weight excluding hydrogens is 360 g/mol. The van der Waals surface area contributed by atoms with Crippen molar-refractivity contribution in [3.8, 4) is 11.5 Å². The van der Waals surface area contributed by atoms with E-state index in [1.165, 1.54) is 6.20 Å². The first-order valence-electron chi connectivity index (χ1n) is 6.16.